The van der Waals surface area contributed by atoms with Gasteiger partial charge >= 0.3 is 0 Å². The summed E-state index contributed by atoms with van der Waals surface area (Å²) in [5, 5.41) is 11.7. The van der Waals surface area contributed by atoms with E-state index in [1.54, 1.807) is 18.7 Å². The molecule has 1 amide bonds. The van der Waals surface area contributed by atoms with Crippen molar-refractivity contribution in [1.29, 1.82) is 0 Å². The summed E-state index contributed by atoms with van der Waals surface area (Å²) >= 11 is 1.36. The van der Waals surface area contributed by atoms with E-state index in [1.165, 1.54) is 17.3 Å². The highest BCUT2D eigenvalue weighted by molar-refractivity contribution is 7.99. The Bertz CT molecular complexity index is 858. The topological polar surface area (TPSA) is 73.0 Å². The lowest BCUT2D eigenvalue weighted by Crippen LogP contribution is -2.28. The first-order valence-corrected chi connectivity index (χ1v) is 8.96. The highest BCUT2D eigenvalue weighted by Crippen LogP contribution is 2.22. The Morgan fingerprint density at radius 1 is 1.36 bits per heavy atom. The average Bonchev–Trinajstić information content (AvgIpc) is 3.25. The van der Waals surface area contributed by atoms with Gasteiger partial charge in [0.25, 0.3) is 0 Å². The molecule has 3 rings (SSSR count). The van der Waals surface area contributed by atoms with Crippen molar-refractivity contribution in [2.75, 3.05) is 5.75 Å². The van der Waals surface area contributed by atoms with Gasteiger partial charge in [-0.25, -0.2) is 0 Å². The molecule has 3 aromatic rings. The lowest BCUT2D eigenvalue weighted by molar-refractivity contribution is -0.119. The van der Waals surface area contributed by atoms with Crippen molar-refractivity contribution in [2.24, 2.45) is 0 Å². The quantitative estimate of drug-likeness (QED) is 0.685. The number of thioether (sulfide) groups is 1. The summed E-state index contributed by atoms with van der Waals surface area (Å²) in [4.78, 5) is 12.2. The molecule has 1 N–H and O–H groups in total. The van der Waals surface area contributed by atoms with Gasteiger partial charge in [0.2, 0.25) is 5.91 Å². The van der Waals surface area contributed by atoms with E-state index in [-0.39, 0.29) is 17.7 Å². The van der Waals surface area contributed by atoms with Crippen LogP contribution in [0.4, 0.5) is 0 Å². The normalized spacial score (nSPS) is 12.1. The first-order chi connectivity index (χ1) is 12.0. The van der Waals surface area contributed by atoms with Crippen LogP contribution < -0.4 is 5.32 Å². The number of carbonyl (C=O) groups is 1. The lowest BCUT2D eigenvalue weighted by atomic mass is 10.1. The highest BCUT2D eigenvalue weighted by atomic mass is 32.2. The Hall–Kier alpha value is -2.54. The molecule has 0 aliphatic heterocycles. The first kappa shape index (κ1) is 17.3. The Morgan fingerprint density at radius 2 is 2.20 bits per heavy atom. The van der Waals surface area contributed by atoms with Crippen LogP contribution in [0.5, 0.6) is 0 Å². The van der Waals surface area contributed by atoms with Crippen LogP contribution in [-0.4, -0.2) is 26.4 Å². The first-order valence-electron chi connectivity index (χ1n) is 7.98. The molecule has 0 aliphatic carbocycles. The number of nitrogens with zero attached hydrogens (tertiary/aromatic N) is 3. The van der Waals surface area contributed by atoms with E-state index < -0.39 is 0 Å². The third-order valence-electron chi connectivity index (χ3n) is 3.81. The molecule has 0 aliphatic rings. The van der Waals surface area contributed by atoms with Crippen LogP contribution in [0, 0.1) is 13.8 Å². The number of hydrogen-bond acceptors (Lipinski definition) is 5. The molecule has 0 saturated heterocycles. The Balaban J connectivity index is 1.64. The van der Waals surface area contributed by atoms with Crippen LogP contribution in [0.3, 0.4) is 0 Å². The van der Waals surface area contributed by atoms with Crippen LogP contribution in [-0.2, 0) is 4.79 Å². The summed E-state index contributed by atoms with van der Waals surface area (Å²) in [6.07, 6.45) is 3.27. The molecular formula is C18H20N4O2S. The van der Waals surface area contributed by atoms with Gasteiger partial charge < -0.3 is 9.73 Å². The molecule has 0 spiro atoms. The number of nitrogens with one attached hydrogen (secondary N) is 1. The second-order valence-electron chi connectivity index (χ2n) is 5.87. The highest BCUT2D eigenvalue weighted by Gasteiger charge is 2.15. The minimum absolute atomic E-state index is 0.0796. The predicted octanol–water partition coefficient (Wildman–Crippen LogP) is 3.45. The number of benzene rings is 1. The Morgan fingerprint density at radius 3 is 2.92 bits per heavy atom. The maximum atomic E-state index is 12.2. The SMILES string of the molecule is Cc1ccc(-n2cnnc2SCC(=O)N[C@H](C)c2ccco2)c(C)c1. The number of aromatic nitrogens is 3. The summed E-state index contributed by atoms with van der Waals surface area (Å²) in [7, 11) is 0. The van der Waals surface area contributed by atoms with E-state index in [1.807, 2.05) is 23.6 Å². The van der Waals surface area contributed by atoms with Gasteiger partial charge in [0.1, 0.15) is 12.1 Å². The number of carbonyl (C=O) groups excluding carboxylic acids is 1. The van der Waals surface area contributed by atoms with E-state index in [0.717, 1.165) is 17.0 Å². The smallest absolute Gasteiger partial charge is 0.231 e. The second kappa shape index (κ2) is 7.57. The van der Waals surface area contributed by atoms with Gasteiger partial charge in [-0.2, -0.15) is 0 Å². The predicted molar refractivity (Wildman–Crippen MR) is 96.8 cm³/mol. The summed E-state index contributed by atoms with van der Waals surface area (Å²) in [6.45, 7) is 6.00. The molecule has 0 bridgehead atoms. The van der Waals surface area contributed by atoms with Crippen molar-refractivity contribution < 1.29 is 9.21 Å². The third-order valence-corrected chi connectivity index (χ3v) is 4.75. The summed E-state index contributed by atoms with van der Waals surface area (Å²) < 4.78 is 7.20. The number of furan rings is 1. The summed E-state index contributed by atoms with van der Waals surface area (Å²) in [5.41, 5.74) is 3.36. The molecule has 0 unspecified atom stereocenters. The van der Waals surface area contributed by atoms with E-state index in [0.29, 0.717) is 5.16 Å². The van der Waals surface area contributed by atoms with Crippen molar-refractivity contribution in [3.63, 3.8) is 0 Å². The average molecular weight is 356 g/mol. The van der Waals surface area contributed by atoms with E-state index in [9.17, 15) is 4.79 Å². The lowest BCUT2D eigenvalue weighted by Gasteiger charge is -2.12. The molecule has 0 radical (unpaired) electrons. The molecule has 130 valence electrons. The molecule has 0 saturated carbocycles. The van der Waals surface area contributed by atoms with Gasteiger partial charge in [0, 0.05) is 0 Å². The Labute approximate surface area is 150 Å². The zero-order chi connectivity index (χ0) is 17.8. The molecule has 25 heavy (non-hydrogen) atoms. The fourth-order valence-electron chi connectivity index (χ4n) is 2.59. The van der Waals surface area contributed by atoms with Crippen LogP contribution in [0.2, 0.25) is 0 Å². The van der Waals surface area contributed by atoms with Gasteiger partial charge in [-0.3, -0.25) is 9.36 Å². The molecule has 1 aromatic carbocycles. The van der Waals surface area contributed by atoms with Crippen LogP contribution in [0.15, 0.2) is 52.5 Å². The molecule has 6 nitrogen and oxygen atoms in total. The second-order valence-corrected chi connectivity index (χ2v) is 6.81. The number of rotatable bonds is 6. The fourth-order valence-corrected chi connectivity index (χ4v) is 3.32. The van der Waals surface area contributed by atoms with Gasteiger partial charge in [-0.05, 0) is 44.5 Å². The van der Waals surface area contributed by atoms with E-state index in [2.05, 4.69) is 41.5 Å². The van der Waals surface area contributed by atoms with Crippen LogP contribution in [0.1, 0.15) is 29.9 Å². The minimum Gasteiger partial charge on any atom is -0.467 e. The minimum atomic E-state index is -0.166. The molecule has 2 aromatic heterocycles. The van der Waals surface area contributed by atoms with Crippen molar-refractivity contribution in [3.05, 3.63) is 59.8 Å². The van der Waals surface area contributed by atoms with Crippen molar-refractivity contribution in [2.45, 2.75) is 32.0 Å². The third kappa shape index (κ3) is 4.11. The van der Waals surface area contributed by atoms with Gasteiger partial charge in [0.15, 0.2) is 5.16 Å². The van der Waals surface area contributed by atoms with Crippen molar-refractivity contribution in [3.8, 4) is 5.69 Å². The monoisotopic (exact) mass is 356 g/mol. The maximum Gasteiger partial charge on any atom is 0.231 e. The van der Waals surface area contributed by atoms with Crippen LogP contribution in [0.25, 0.3) is 5.69 Å². The number of amides is 1. The fraction of sp³-hybridized carbons (Fsp3) is 0.278. The van der Waals surface area contributed by atoms with E-state index in [4.69, 9.17) is 4.42 Å². The van der Waals surface area contributed by atoms with E-state index >= 15 is 0 Å². The molecular weight excluding hydrogens is 336 g/mol. The zero-order valence-corrected chi connectivity index (χ0v) is 15.2. The van der Waals surface area contributed by atoms with Gasteiger partial charge in [-0.1, -0.05) is 29.5 Å². The molecule has 0 fully saturated rings. The summed E-state index contributed by atoms with van der Waals surface area (Å²) in [5.74, 6) is 0.912. The standard InChI is InChI=1S/C18H20N4O2S/c1-12-6-7-15(13(2)9-12)22-11-19-21-18(22)25-10-17(23)20-14(3)16-5-4-8-24-16/h4-9,11,14H,10H2,1-3H3,(H,20,23)/t14-/m1/s1. The Kier molecular flexibility index (Phi) is 5.23. The van der Waals surface area contributed by atoms with Crippen molar-refractivity contribution in [1.82, 2.24) is 20.1 Å². The zero-order valence-electron chi connectivity index (χ0n) is 14.4. The maximum absolute atomic E-state index is 12.2. The molecule has 7 heteroatoms. The molecule has 2 heterocycles. The van der Waals surface area contributed by atoms with Gasteiger partial charge in [-0.15, -0.1) is 10.2 Å². The number of aryl methyl sites for hydroxylation is 2. The number of hydrogen-bond donors (Lipinski definition) is 1. The molecule has 1 atom stereocenters. The van der Waals surface area contributed by atoms with Crippen LogP contribution >= 0.6 is 11.8 Å². The largest absolute Gasteiger partial charge is 0.467 e. The van der Waals surface area contributed by atoms with Crippen molar-refractivity contribution >= 4 is 17.7 Å². The summed E-state index contributed by atoms with van der Waals surface area (Å²) in [6, 6.07) is 9.68. The van der Waals surface area contributed by atoms with Gasteiger partial charge in [0.05, 0.1) is 23.7 Å².